The monoisotopic (exact) mass is 514 g/mol. The smallest absolute Gasteiger partial charge is 0.264 e. The van der Waals surface area contributed by atoms with Crippen LogP contribution >= 0.6 is 24.0 Å². The van der Waals surface area contributed by atoms with Crippen LogP contribution in [-0.2, 0) is 4.79 Å². The molecule has 3 atom stereocenters. The number of pyridine rings is 1. The molecule has 3 unspecified atom stereocenters. The van der Waals surface area contributed by atoms with Gasteiger partial charge >= 0.3 is 0 Å². The highest BCUT2D eigenvalue weighted by Crippen LogP contribution is 2.35. The van der Waals surface area contributed by atoms with E-state index in [0.29, 0.717) is 28.1 Å². The van der Waals surface area contributed by atoms with Gasteiger partial charge in [-0.25, -0.2) is 0 Å². The molecule has 184 valence electrons. The Balaban J connectivity index is 0.00000289. The molecule has 35 heavy (non-hydrogen) atoms. The van der Waals surface area contributed by atoms with E-state index in [1.165, 1.54) is 0 Å². The topological polar surface area (TPSA) is 89.2 Å². The fourth-order valence-corrected chi connectivity index (χ4v) is 5.50. The van der Waals surface area contributed by atoms with Crippen LogP contribution in [0.1, 0.15) is 49.1 Å². The highest BCUT2D eigenvalue weighted by atomic mass is 35.5. The third-order valence-corrected chi connectivity index (χ3v) is 7.14. The Morgan fingerprint density at radius 2 is 1.91 bits per heavy atom. The van der Waals surface area contributed by atoms with Crippen LogP contribution < -0.4 is 16.2 Å². The van der Waals surface area contributed by atoms with Crippen molar-refractivity contribution in [2.24, 2.45) is 0 Å². The zero-order valence-corrected chi connectivity index (χ0v) is 21.2. The van der Waals surface area contributed by atoms with Gasteiger partial charge < -0.3 is 19.7 Å². The van der Waals surface area contributed by atoms with Crippen LogP contribution in [0.4, 0.5) is 0 Å². The zero-order chi connectivity index (χ0) is 23.8. The first-order valence-electron chi connectivity index (χ1n) is 11.6. The number of hydrogen-bond donors (Lipinski definition) is 2. The number of nitrogens with one attached hydrogen (secondary N) is 2. The van der Waals surface area contributed by atoms with Gasteiger partial charge in [0.1, 0.15) is 22.7 Å². The lowest BCUT2D eigenvalue weighted by molar-refractivity contribution is -0.124. The first kappa shape index (κ1) is 25.2. The van der Waals surface area contributed by atoms with E-state index in [1.807, 2.05) is 47.0 Å². The van der Waals surface area contributed by atoms with Crippen molar-refractivity contribution in [1.29, 1.82) is 0 Å². The van der Waals surface area contributed by atoms with Crippen molar-refractivity contribution in [3.63, 3.8) is 0 Å². The van der Waals surface area contributed by atoms with Gasteiger partial charge in [0.2, 0.25) is 5.91 Å². The standard InChI is InChI=1S/C26H27ClN4O3.ClH/c1-15-21-24(30-34-15)22-19(27)12-7-13-20(22)31(26(21)33)18-11-6-10-17(14-18)29-25(32)23(28-2)16-8-4-3-5-9-16;/h3-5,7-9,12-13,17-18,23,28H,6,10-11,14H2,1-2H3,(H,29,32);1H. The molecule has 2 aromatic carbocycles. The summed E-state index contributed by atoms with van der Waals surface area (Å²) < 4.78 is 7.20. The number of hydrogen-bond acceptors (Lipinski definition) is 5. The second-order valence-electron chi connectivity index (χ2n) is 8.93. The minimum Gasteiger partial charge on any atom is -0.360 e. The Morgan fingerprint density at radius 3 is 2.66 bits per heavy atom. The van der Waals surface area contributed by atoms with E-state index in [0.717, 1.165) is 35.7 Å². The van der Waals surface area contributed by atoms with E-state index >= 15 is 0 Å². The lowest BCUT2D eigenvalue weighted by atomic mass is 9.89. The third-order valence-electron chi connectivity index (χ3n) is 6.83. The first-order valence-corrected chi connectivity index (χ1v) is 12.0. The number of aryl methyl sites for hydroxylation is 1. The number of nitrogens with zero attached hydrogens (tertiary/aromatic N) is 2. The summed E-state index contributed by atoms with van der Waals surface area (Å²) in [6.45, 7) is 1.75. The predicted molar refractivity (Wildman–Crippen MR) is 140 cm³/mol. The summed E-state index contributed by atoms with van der Waals surface area (Å²) in [6.07, 6.45) is 3.28. The average Bonchev–Trinajstić information content (AvgIpc) is 3.22. The molecule has 5 rings (SSSR count). The molecular weight excluding hydrogens is 487 g/mol. The molecule has 0 aliphatic heterocycles. The molecular formula is C26H28Cl2N4O3. The molecule has 0 bridgehead atoms. The van der Waals surface area contributed by atoms with Crippen molar-refractivity contribution in [2.45, 2.75) is 50.7 Å². The van der Waals surface area contributed by atoms with Gasteiger partial charge in [-0.3, -0.25) is 9.59 Å². The van der Waals surface area contributed by atoms with Gasteiger partial charge in [-0.1, -0.05) is 53.2 Å². The second kappa shape index (κ2) is 10.4. The Bertz CT molecular complexity index is 1420. The van der Waals surface area contributed by atoms with Crippen LogP contribution in [0.15, 0.2) is 57.8 Å². The molecule has 0 saturated heterocycles. The Kier molecular flexibility index (Phi) is 7.50. The summed E-state index contributed by atoms with van der Waals surface area (Å²) in [4.78, 5) is 26.7. The van der Waals surface area contributed by atoms with Crippen molar-refractivity contribution in [3.05, 3.63) is 75.2 Å². The number of likely N-dealkylation sites (N-methyl/N-ethyl adjacent to an activating group) is 1. The van der Waals surface area contributed by atoms with Crippen LogP contribution in [0, 0.1) is 6.92 Å². The quantitative estimate of drug-likeness (QED) is 0.387. The fourth-order valence-electron chi connectivity index (χ4n) is 5.24. The molecule has 7 nitrogen and oxygen atoms in total. The molecule has 2 heterocycles. The summed E-state index contributed by atoms with van der Waals surface area (Å²) in [6, 6.07) is 14.7. The van der Waals surface area contributed by atoms with E-state index in [4.69, 9.17) is 16.1 Å². The number of benzene rings is 2. The number of halogens is 2. The fraction of sp³-hybridized carbons (Fsp3) is 0.346. The molecule has 0 spiro atoms. The van der Waals surface area contributed by atoms with Crippen LogP contribution in [0.25, 0.3) is 21.8 Å². The minimum atomic E-state index is -0.431. The van der Waals surface area contributed by atoms with E-state index < -0.39 is 6.04 Å². The van der Waals surface area contributed by atoms with Gasteiger partial charge in [0.25, 0.3) is 5.56 Å². The number of carbonyl (C=O) groups excluding carboxylic acids is 1. The van der Waals surface area contributed by atoms with Crippen molar-refractivity contribution in [2.75, 3.05) is 7.05 Å². The largest absolute Gasteiger partial charge is 0.360 e. The van der Waals surface area contributed by atoms with Crippen LogP contribution in [-0.4, -0.2) is 28.7 Å². The average molecular weight is 515 g/mol. The zero-order valence-electron chi connectivity index (χ0n) is 19.6. The third kappa shape index (κ3) is 4.56. The van der Waals surface area contributed by atoms with E-state index in [2.05, 4.69) is 15.8 Å². The van der Waals surface area contributed by atoms with Gasteiger partial charge in [0, 0.05) is 17.5 Å². The highest BCUT2D eigenvalue weighted by Gasteiger charge is 2.30. The Hall–Kier alpha value is -2.87. The maximum atomic E-state index is 13.6. The maximum absolute atomic E-state index is 13.6. The van der Waals surface area contributed by atoms with Gasteiger partial charge in [-0.15, -0.1) is 12.4 Å². The minimum absolute atomic E-state index is 0. The number of rotatable bonds is 5. The molecule has 4 aromatic rings. The van der Waals surface area contributed by atoms with Crippen LogP contribution in [0.3, 0.4) is 0 Å². The van der Waals surface area contributed by atoms with E-state index in [1.54, 1.807) is 20.0 Å². The van der Waals surface area contributed by atoms with Crippen molar-refractivity contribution in [1.82, 2.24) is 20.4 Å². The molecule has 2 N–H and O–H groups in total. The van der Waals surface area contributed by atoms with Crippen LogP contribution in [0.5, 0.6) is 0 Å². The SMILES string of the molecule is CNC(C(=O)NC1CCCC(n2c(=O)c3c(C)onc3c3c(Cl)cccc32)C1)c1ccccc1.Cl. The number of aromatic nitrogens is 2. The molecule has 0 radical (unpaired) electrons. The summed E-state index contributed by atoms with van der Waals surface area (Å²) >= 11 is 6.55. The van der Waals surface area contributed by atoms with Gasteiger partial charge in [0.15, 0.2) is 0 Å². The van der Waals surface area contributed by atoms with Crippen LogP contribution in [0.2, 0.25) is 5.02 Å². The lowest BCUT2D eigenvalue weighted by Gasteiger charge is -2.33. The maximum Gasteiger partial charge on any atom is 0.264 e. The number of fused-ring (bicyclic) bond motifs is 3. The molecule has 1 amide bonds. The predicted octanol–water partition coefficient (Wildman–Crippen LogP) is 5.09. The second-order valence-corrected chi connectivity index (χ2v) is 9.34. The molecule has 2 aromatic heterocycles. The molecule has 9 heteroatoms. The highest BCUT2D eigenvalue weighted by molar-refractivity contribution is 6.37. The normalized spacial score (nSPS) is 18.8. The molecule has 1 aliphatic rings. The summed E-state index contributed by atoms with van der Waals surface area (Å²) in [7, 11) is 1.78. The van der Waals surface area contributed by atoms with Gasteiger partial charge in [-0.2, -0.15) is 0 Å². The molecule has 1 fully saturated rings. The summed E-state index contributed by atoms with van der Waals surface area (Å²) in [5.74, 6) is 0.417. The van der Waals surface area contributed by atoms with E-state index in [9.17, 15) is 9.59 Å². The lowest BCUT2D eigenvalue weighted by Crippen LogP contribution is -2.44. The van der Waals surface area contributed by atoms with Crippen molar-refractivity contribution < 1.29 is 9.32 Å². The van der Waals surface area contributed by atoms with Gasteiger partial charge in [0.05, 0.1) is 10.5 Å². The number of carbonyl (C=O) groups is 1. The van der Waals surface area contributed by atoms with Crippen molar-refractivity contribution >= 4 is 51.7 Å². The first-order chi connectivity index (χ1) is 16.5. The Morgan fingerprint density at radius 1 is 1.14 bits per heavy atom. The summed E-state index contributed by atoms with van der Waals surface area (Å²) in [5.41, 5.74) is 2.03. The summed E-state index contributed by atoms with van der Waals surface area (Å²) in [5, 5.41) is 12.2. The van der Waals surface area contributed by atoms with Gasteiger partial charge in [-0.05, 0) is 57.4 Å². The van der Waals surface area contributed by atoms with Crippen molar-refractivity contribution in [3.8, 4) is 0 Å². The molecule has 1 aliphatic carbocycles. The Labute approximate surface area is 214 Å². The number of amides is 1. The van der Waals surface area contributed by atoms with E-state index in [-0.39, 0.29) is 36.0 Å². The molecule has 1 saturated carbocycles.